The van der Waals surface area contributed by atoms with Crippen molar-refractivity contribution in [1.82, 2.24) is 29.9 Å². The lowest BCUT2D eigenvalue weighted by molar-refractivity contribution is 1.04. The molecule has 2 aromatic carbocycles. The standard InChI is InChI=1S/C15H16N4S.C8H11NS.C7H6ClN3/c1-10-17-14-13(8-9-16-14)15(18-10)19(2)11-4-6-12(20-3)7-5-11;1-9-7-3-5-8(10-2)6-4-7;1-4-10-6(8)5-2-3-9-7(5)11-4/h4-9H,1-3H3,(H,16,17,18);3-6,9H,1-2H3;2-3H,1H3,(H,9,10,11). The normalized spacial score (nSPS) is 10.5. The van der Waals surface area contributed by atoms with Crippen molar-refractivity contribution in [3.63, 3.8) is 0 Å². The van der Waals surface area contributed by atoms with Crippen molar-refractivity contribution in [2.45, 2.75) is 23.6 Å². The smallest absolute Gasteiger partial charge is 0.146 e. The predicted octanol–water partition coefficient (Wildman–Crippen LogP) is 8.13. The molecule has 4 aromatic heterocycles. The van der Waals surface area contributed by atoms with Crippen LogP contribution in [0.2, 0.25) is 5.15 Å². The van der Waals surface area contributed by atoms with Gasteiger partial charge >= 0.3 is 0 Å². The van der Waals surface area contributed by atoms with E-state index in [1.54, 1.807) is 29.7 Å². The first-order valence-electron chi connectivity index (χ1n) is 12.8. The summed E-state index contributed by atoms with van der Waals surface area (Å²) in [5.41, 5.74) is 3.95. The Labute approximate surface area is 253 Å². The molecule has 0 atom stereocenters. The molecule has 0 unspecified atom stereocenters. The number of halogens is 1. The Morgan fingerprint density at radius 1 is 0.707 bits per heavy atom. The maximum atomic E-state index is 5.83. The van der Waals surface area contributed by atoms with Crippen LogP contribution in [0.25, 0.3) is 22.1 Å². The second kappa shape index (κ2) is 14.2. The van der Waals surface area contributed by atoms with Gasteiger partial charge in [-0.15, -0.1) is 23.5 Å². The average molecular weight is 605 g/mol. The lowest BCUT2D eigenvalue weighted by Gasteiger charge is -2.19. The molecule has 3 N–H and O–H groups in total. The third-order valence-electron chi connectivity index (χ3n) is 6.14. The van der Waals surface area contributed by atoms with Crippen LogP contribution in [0.1, 0.15) is 11.6 Å². The molecule has 212 valence electrons. The fourth-order valence-corrected chi connectivity index (χ4v) is 5.08. The summed E-state index contributed by atoms with van der Waals surface area (Å²) in [5.74, 6) is 2.37. The molecular weight excluding hydrogens is 572 g/mol. The Balaban J connectivity index is 0.000000156. The van der Waals surface area contributed by atoms with Crippen LogP contribution in [-0.2, 0) is 0 Å². The SMILES string of the molecule is CNc1ccc(SC)cc1.CSc1ccc(N(C)c2nc(C)nc3[nH]ccc23)cc1.Cc1nc(Cl)c2cc[nH]c2n1. The van der Waals surface area contributed by atoms with Crippen LogP contribution >= 0.6 is 35.1 Å². The van der Waals surface area contributed by atoms with Crippen LogP contribution in [0.3, 0.4) is 0 Å². The largest absolute Gasteiger partial charge is 0.388 e. The highest BCUT2D eigenvalue weighted by atomic mass is 35.5. The number of anilines is 3. The van der Waals surface area contributed by atoms with E-state index in [2.05, 4.69) is 101 Å². The lowest BCUT2D eigenvalue weighted by Crippen LogP contribution is -2.12. The van der Waals surface area contributed by atoms with E-state index in [0.717, 1.165) is 45.1 Å². The number of aromatic nitrogens is 6. The molecule has 6 aromatic rings. The maximum Gasteiger partial charge on any atom is 0.146 e. The monoisotopic (exact) mass is 604 g/mol. The van der Waals surface area contributed by atoms with Crippen molar-refractivity contribution in [2.24, 2.45) is 0 Å². The van der Waals surface area contributed by atoms with Gasteiger partial charge in [-0.3, -0.25) is 0 Å². The quantitative estimate of drug-likeness (QED) is 0.134. The number of fused-ring (bicyclic) bond motifs is 2. The number of thioether (sulfide) groups is 2. The summed E-state index contributed by atoms with van der Waals surface area (Å²) in [6.07, 6.45) is 7.85. The highest BCUT2D eigenvalue weighted by Crippen LogP contribution is 2.29. The molecule has 0 amide bonds. The van der Waals surface area contributed by atoms with Gasteiger partial charge in [-0.1, -0.05) is 11.6 Å². The average Bonchev–Trinajstić information content (AvgIpc) is 3.67. The van der Waals surface area contributed by atoms with E-state index < -0.39 is 0 Å². The number of hydrogen-bond acceptors (Lipinski definition) is 8. The van der Waals surface area contributed by atoms with Crippen LogP contribution < -0.4 is 10.2 Å². The van der Waals surface area contributed by atoms with Gasteiger partial charge in [0.2, 0.25) is 0 Å². The van der Waals surface area contributed by atoms with Gasteiger partial charge in [-0.2, -0.15) is 0 Å². The molecule has 0 aliphatic rings. The van der Waals surface area contributed by atoms with E-state index in [1.807, 2.05) is 46.3 Å². The van der Waals surface area contributed by atoms with Crippen molar-refractivity contribution < 1.29 is 0 Å². The zero-order valence-electron chi connectivity index (χ0n) is 23.9. The molecule has 0 aliphatic carbocycles. The lowest BCUT2D eigenvalue weighted by atomic mass is 10.2. The first kappa shape index (κ1) is 30.2. The highest BCUT2D eigenvalue weighted by molar-refractivity contribution is 7.98. The highest BCUT2D eigenvalue weighted by Gasteiger charge is 2.12. The zero-order chi connectivity index (χ0) is 29.4. The number of aromatic amines is 2. The summed E-state index contributed by atoms with van der Waals surface area (Å²) in [6.45, 7) is 3.72. The number of hydrogen-bond donors (Lipinski definition) is 3. The van der Waals surface area contributed by atoms with Crippen molar-refractivity contribution in [1.29, 1.82) is 0 Å². The number of aryl methyl sites for hydroxylation is 2. The Hall–Kier alpha value is -3.73. The fourth-order valence-electron chi connectivity index (χ4n) is 3.98. The molecule has 0 spiro atoms. The number of nitrogens with zero attached hydrogens (tertiary/aromatic N) is 5. The minimum Gasteiger partial charge on any atom is -0.388 e. The minimum absolute atomic E-state index is 0.508. The van der Waals surface area contributed by atoms with Crippen LogP contribution in [-0.4, -0.2) is 56.5 Å². The molecule has 4 heterocycles. The topological polar surface area (TPSA) is 98.4 Å². The second-order valence-corrected chi connectivity index (χ2v) is 11.0. The number of nitrogens with one attached hydrogen (secondary N) is 3. The van der Waals surface area contributed by atoms with E-state index in [1.165, 1.54) is 9.79 Å². The van der Waals surface area contributed by atoms with Crippen molar-refractivity contribution in [3.8, 4) is 0 Å². The summed E-state index contributed by atoms with van der Waals surface area (Å²) in [5, 5.41) is 5.48. The number of H-pyrrole nitrogens is 2. The van der Waals surface area contributed by atoms with Crippen LogP contribution in [0.5, 0.6) is 0 Å². The summed E-state index contributed by atoms with van der Waals surface area (Å²) >= 11 is 9.34. The molecule has 0 aliphatic heterocycles. The number of benzene rings is 2. The summed E-state index contributed by atoms with van der Waals surface area (Å²) < 4.78 is 0. The maximum absolute atomic E-state index is 5.83. The minimum atomic E-state index is 0.508. The molecule has 0 saturated carbocycles. The van der Waals surface area contributed by atoms with Crippen molar-refractivity contribution in [2.75, 3.05) is 36.8 Å². The van der Waals surface area contributed by atoms with Crippen LogP contribution in [0.15, 0.2) is 82.8 Å². The van der Waals surface area contributed by atoms with Crippen molar-refractivity contribution >= 4 is 74.4 Å². The molecule has 0 radical (unpaired) electrons. The van der Waals surface area contributed by atoms with Gasteiger partial charge in [-0.05, 0) is 87.0 Å². The van der Waals surface area contributed by atoms with E-state index in [9.17, 15) is 0 Å². The summed E-state index contributed by atoms with van der Waals surface area (Å²) in [7, 11) is 3.95. The zero-order valence-corrected chi connectivity index (χ0v) is 26.2. The van der Waals surface area contributed by atoms with E-state index >= 15 is 0 Å². The molecular formula is C30H33ClN8S2. The van der Waals surface area contributed by atoms with E-state index in [-0.39, 0.29) is 0 Å². The molecule has 41 heavy (non-hydrogen) atoms. The Kier molecular flexibility index (Phi) is 10.5. The van der Waals surface area contributed by atoms with E-state index in [4.69, 9.17) is 11.6 Å². The van der Waals surface area contributed by atoms with Crippen molar-refractivity contribution in [3.05, 3.63) is 89.9 Å². The third kappa shape index (κ3) is 7.72. The fraction of sp³-hybridized carbons (Fsp3) is 0.200. The van der Waals surface area contributed by atoms with E-state index in [0.29, 0.717) is 11.0 Å². The van der Waals surface area contributed by atoms with Gasteiger partial charge < -0.3 is 20.2 Å². The van der Waals surface area contributed by atoms with Gasteiger partial charge in [-0.25, -0.2) is 19.9 Å². The Bertz CT molecular complexity index is 1680. The molecule has 6 rings (SSSR count). The predicted molar refractivity (Wildman–Crippen MR) is 176 cm³/mol. The van der Waals surface area contributed by atoms with Crippen LogP contribution in [0.4, 0.5) is 17.2 Å². The molecule has 0 saturated heterocycles. The second-order valence-electron chi connectivity index (χ2n) is 8.87. The van der Waals surface area contributed by atoms with Gasteiger partial charge in [0.25, 0.3) is 0 Å². The molecule has 11 heteroatoms. The molecule has 0 fully saturated rings. The van der Waals surface area contributed by atoms with Gasteiger partial charge in [0.1, 0.15) is 33.9 Å². The molecule has 8 nitrogen and oxygen atoms in total. The summed E-state index contributed by atoms with van der Waals surface area (Å²) in [4.78, 5) is 27.9. The Morgan fingerprint density at radius 3 is 1.78 bits per heavy atom. The number of rotatable bonds is 5. The molecule has 0 bridgehead atoms. The van der Waals surface area contributed by atoms with Gasteiger partial charge in [0.05, 0.1) is 10.8 Å². The van der Waals surface area contributed by atoms with Gasteiger partial charge in [0, 0.05) is 47.7 Å². The first-order valence-corrected chi connectivity index (χ1v) is 15.6. The Morgan fingerprint density at radius 2 is 1.22 bits per heavy atom. The van der Waals surface area contributed by atoms with Gasteiger partial charge in [0.15, 0.2) is 0 Å². The first-order chi connectivity index (χ1) is 19.8. The van der Waals surface area contributed by atoms with Crippen LogP contribution in [0, 0.1) is 13.8 Å². The summed E-state index contributed by atoms with van der Waals surface area (Å²) in [6, 6.07) is 20.7. The third-order valence-corrected chi connectivity index (χ3v) is 7.92.